The summed E-state index contributed by atoms with van der Waals surface area (Å²) in [5, 5.41) is 29.5. The number of unbranched alkanes of at least 4 members (excludes halogenated alkanes) is 1. The van der Waals surface area contributed by atoms with E-state index in [0.717, 1.165) is 17.5 Å². The molecule has 1 aliphatic carbocycles. The van der Waals surface area contributed by atoms with Gasteiger partial charge in [-0.1, -0.05) is 48.6 Å². The van der Waals surface area contributed by atoms with E-state index in [1.54, 1.807) is 12.2 Å². The molecule has 0 radical (unpaired) electrons. The maximum atomic E-state index is 12.3. The minimum atomic E-state index is -0.812. The predicted octanol–water partition coefficient (Wildman–Crippen LogP) is 3.88. The van der Waals surface area contributed by atoms with Gasteiger partial charge >= 0.3 is 5.97 Å². The van der Waals surface area contributed by atoms with Crippen LogP contribution in [0.3, 0.4) is 0 Å². The predicted molar refractivity (Wildman–Crippen MR) is 128 cm³/mol. The summed E-state index contributed by atoms with van der Waals surface area (Å²) in [6.07, 6.45) is 9.28. The zero-order valence-electron chi connectivity index (χ0n) is 19.7. The van der Waals surface area contributed by atoms with Gasteiger partial charge in [0.15, 0.2) is 0 Å². The summed E-state index contributed by atoms with van der Waals surface area (Å²) in [4.78, 5) is 22.9. The second-order valence-electron chi connectivity index (χ2n) is 9.06. The normalized spacial score (nSPS) is 22.1. The van der Waals surface area contributed by atoms with Crippen LogP contribution in [0.4, 0.5) is 0 Å². The molecule has 6 heteroatoms. The first-order valence-electron chi connectivity index (χ1n) is 11.9. The Labute approximate surface area is 197 Å². The van der Waals surface area contributed by atoms with Crippen molar-refractivity contribution in [3.63, 3.8) is 0 Å². The third kappa shape index (κ3) is 10.0. The van der Waals surface area contributed by atoms with Crippen LogP contribution < -0.4 is 0 Å². The monoisotopic (exact) mass is 458 g/mol. The van der Waals surface area contributed by atoms with Gasteiger partial charge in [-0.05, 0) is 50.7 Å². The zero-order chi connectivity index (χ0) is 24.2. The smallest absolute Gasteiger partial charge is 0.303 e. The highest BCUT2D eigenvalue weighted by Crippen LogP contribution is 2.33. The van der Waals surface area contributed by atoms with Gasteiger partial charge in [0.05, 0.1) is 24.9 Å². The Bertz CT molecular complexity index is 813. The number of Topliss-reactive ketones (excluding diaryl/α,β-unsaturated/α-hetero) is 1. The lowest BCUT2D eigenvalue weighted by molar-refractivity contribution is -0.137. The van der Waals surface area contributed by atoms with Gasteiger partial charge in [-0.15, -0.1) is 0 Å². The number of ketones is 1. The average molecular weight is 459 g/mol. The molecule has 6 nitrogen and oxygen atoms in total. The Morgan fingerprint density at radius 2 is 2.00 bits per heavy atom. The van der Waals surface area contributed by atoms with Crippen LogP contribution in [-0.2, 0) is 27.2 Å². The maximum absolute atomic E-state index is 12.3. The van der Waals surface area contributed by atoms with Crippen molar-refractivity contribution in [2.24, 2.45) is 11.8 Å². The van der Waals surface area contributed by atoms with Crippen LogP contribution in [-0.4, -0.2) is 52.0 Å². The minimum Gasteiger partial charge on any atom is -0.481 e. The number of rotatable bonds is 14. The fourth-order valence-electron chi connectivity index (χ4n) is 4.15. The number of carbonyl (C=O) groups is 2. The first-order valence-corrected chi connectivity index (χ1v) is 11.9. The van der Waals surface area contributed by atoms with Gasteiger partial charge in [0.1, 0.15) is 5.78 Å². The molecule has 33 heavy (non-hydrogen) atoms. The van der Waals surface area contributed by atoms with Crippen molar-refractivity contribution in [2.75, 3.05) is 6.61 Å². The van der Waals surface area contributed by atoms with Crippen molar-refractivity contribution in [2.45, 2.75) is 77.1 Å². The molecule has 2 rings (SSSR count). The van der Waals surface area contributed by atoms with E-state index in [2.05, 4.69) is 12.1 Å². The van der Waals surface area contributed by atoms with Crippen LogP contribution in [0.5, 0.6) is 0 Å². The van der Waals surface area contributed by atoms with Crippen LogP contribution in [0.2, 0.25) is 0 Å². The SMILES string of the molecule is CC(C)OCCc1cccc(CC(O)/C=C/[C@H]2[C@H](O)CC(=O)[C@@H]2C/C=C\CCCC(=O)O)c1. The molecular formula is C27H38O6. The Hall–Kier alpha value is -2.28. The van der Waals surface area contributed by atoms with Gasteiger partial charge in [0.2, 0.25) is 0 Å². The lowest BCUT2D eigenvalue weighted by Crippen LogP contribution is -2.19. The van der Waals surface area contributed by atoms with Gasteiger partial charge < -0.3 is 20.1 Å². The van der Waals surface area contributed by atoms with Crippen molar-refractivity contribution in [3.8, 4) is 0 Å². The number of aliphatic hydroxyl groups excluding tert-OH is 2. The van der Waals surface area contributed by atoms with Gasteiger partial charge in [0, 0.05) is 31.1 Å². The summed E-state index contributed by atoms with van der Waals surface area (Å²) in [6.45, 7) is 4.68. The van der Waals surface area contributed by atoms with Gasteiger partial charge in [-0.25, -0.2) is 0 Å². The summed E-state index contributed by atoms with van der Waals surface area (Å²) in [5.74, 6) is -1.43. The summed E-state index contributed by atoms with van der Waals surface area (Å²) >= 11 is 0. The summed E-state index contributed by atoms with van der Waals surface area (Å²) in [5.41, 5.74) is 2.19. The Kier molecular flexibility index (Phi) is 11.5. The van der Waals surface area contributed by atoms with Crippen molar-refractivity contribution in [1.29, 1.82) is 0 Å². The van der Waals surface area contributed by atoms with E-state index in [4.69, 9.17) is 9.84 Å². The molecule has 182 valence electrons. The third-order valence-electron chi connectivity index (χ3n) is 5.88. The number of hydrogen-bond acceptors (Lipinski definition) is 5. The summed E-state index contributed by atoms with van der Waals surface area (Å²) in [6, 6.07) is 8.09. The molecule has 1 saturated carbocycles. The quantitative estimate of drug-likeness (QED) is 0.289. The largest absolute Gasteiger partial charge is 0.481 e. The molecule has 0 aromatic heterocycles. The molecule has 0 saturated heterocycles. The number of ether oxygens (including phenoxy) is 1. The molecule has 3 N–H and O–H groups in total. The van der Waals surface area contributed by atoms with Crippen molar-refractivity contribution in [1.82, 2.24) is 0 Å². The van der Waals surface area contributed by atoms with Crippen LogP contribution in [0, 0.1) is 11.8 Å². The molecule has 1 aromatic carbocycles. The standard InChI is InChI=1S/C27H38O6/c1-19(2)33-15-14-20-8-7-9-21(16-20)17-22(28)12-13-24-23(25(29)18-26(24)30)10-5-3-4-6-11-27(31)32/h3,5,7-9,12-13,16,19,22-24,26,28,30H,4,6,10-11,14-15,17-18H2,1-2H3,(H,31,32)/b5-3-,13-12+/t22?,23-,24-,26-/m1/s1. The average Bonchev–Trinajstić information content (AvgIpc) is 3.01. The number of carboxylic acids is 1. The van der Waals surface area contributed by atoms with Crippen molar-refractivity contribution in [3.05, 3.63) is 59.7 Å². The summed E-state index contributed by atoms with van der Waals surface area (Å²) < 4.78 is 5.61. The van der Waals surface area contributed by atoms with E-state index in [1.807, 2.05) is 38.1 Å². The minimum absolute atomic E-state index is 0.0261. The molecule has 0 heterocycles. The van der Waals surface area contributed by atoms with Crippen LogP contribution >= 0.6 is 0 Å². The zero-order valence-corrected chi connectivity index (χ0v) is 19.7. The lowest BCUT2D eigenvalue weighted by Gasteiger charge is -2.17. The Morgan fingerprint density at radius 3 is 2.73 bits per heavy atom. The molecule has 1 aliphatic rings. The summed E-state index contributed by atoms with van der Waals surface area (Å²) in [7, 11) is 0. The topological polar surface area (TPSA) is 104 Å². The van der Waals surface area contributed by atoms with Crippen LogP contribution in [0.25, 0.3) is 0 Å². The number of aliphatic carboxylic acids is 1. The highest BCUT2D eigenvalue weighted by molar-refractivity contribution is 5.84. The van der Waals surface area contributed by atoms with E-state index in [0.29, 0.717) is 32.3 Å². The first kappa shape index (κ1) is 27.0. The van der Waals surface area contributed by atoms with Crippen molar-refractivity contribution >= 4 is 11.8 Å². The molecule has 1 fully saturated rings. The molecule has 0 amide bonds. The number of carboxylic acid groups (broad SMARTS) is 1. The van der Waals surface area contributed by atoms with Gasteiger partial charge in [0.25, 0.3) is 0 Å². The fraction of sp³-hybridized carbons (Fsp3) is 0.556. The van der Waals surface area contributed by atoms with E-state index >= 15 is 0 Å². The first-order chi connectivity index (χ1) is 15.8. The molecule has 0 bridgehead atoms. The second kappa shape index (κ2) is 14.1. The number of carbonyl (C=O) groups excluding carboxylic acids is 1. The number of allylic oxidation sites excluding steroid dienone is 2. The molecular weight excluding hydrogens is 420 g/mol. The third-order valence-corrected chi connectivity index (χ3v) is 5.88. The second-order valence-corrected chi connectivity index (χ2v) is 9.06. The molecule has 1 unspecified atom stereocenters. The van der Waals surface area contributed by atoms with Gasteiger partial charge in [-0.3, -0.25) is 9.59 Å². The molecule has 0 spiro atoms. The van der Waals surface area contributed by atoms with Crippen molar-refractivity contribution < 1.29 is 29.6 Å². The van der Waals surface area contributed by atoms with E-state index in [9.17, 15) is 19.8 Å². The molecule has 1 aromatic rings. The Morgan fingerprint density at radius 1 is 1.24 bits per heavy atom. The van der Waals surface area contributed by atoms with Gasteiger partial charge in [-0.2, -0.15) is 0 Å². The highest BCUT2D eigenvalue weighted by atomic mass is 16.5. The van der Waals surface area contributed by atoms with E-state index in [-0.39, 0.29) is 36.6 Å². The molecule has 0 aliphatic heterocycles. The van der Waals surface area contributed by atoms with E-state index < -0.39 is 18.2 Å². The maximum Gasteiger partial charge on any atom is 0.303 e. The highest BCUT2D eigenvalue weighted by Gasteiger charge is 2.39. The number of hydrogen-bond donors (Lipinski definition) is 3. The lowest BCUT2D eigenvalue weighted by atomic mass is 9.90. The Balaban J connectivity index is 1.88. The van der Waals surface area contributed by atoms with Crippen LogP contribution in [0.15, 0.2) is 48.6 Å². The van der Waals surface area contributed by atoms with Crippen LogP contribution in [0.1, 0.15) is 57.1 Å². The molecule has 4 atom stereocenters. The number of aliphatic hydroxyl groups is 2. The van der Waals surface area contributed by atoms with E-state index in [1.165, 1.54) is 0 Å². The number of benzene rings is 1. The fourth-order valence-corrected chi connectivity index (χ4v) is 4.15.